The topological polar surface area (TPSA) is 78.9 Å². The molecular formula is C73H106O6. The first kappa shape index (κ1) is 72.7. The van der Waals surface area contributed by atoms with Gasteiger partial charge < -0.3 is 14.2 Å². The number of hydrogen-bond acceptors (Lipinski definition) is 6. The van der Waals surface area contributed by atoms with E-state index in [0.717, 1.165) is 141 Å². The van der Waals surface area contributed by atoms with Gasteiger partial charge in [0.05, 0.1) is 0 Å². The van der Waals surface area contributed by atoms with E-state index in [1.54, 1.807) is 0 Å². The molecule has 0 amide bonds. The Bertz CT molecular complexity index is 2010. The van der Waals surface area contributed by atoms with Gasteiger partial charge in [-0.3, -0.25) is 14.4 Å². The fourth-order valence-corrected chi connectivity index (χ4v) is 7.06. The van der Waals surface area contributed by atoms with E-state index >= 15 is 0 Å². The Kier molecular flexibility index (Phi) is 59.2. The number of rotatable bonds is 51. The molecule has 0 radical (unpaired) electrons. The molecule has 0 fully saturated rings. The van der Waals surface area contributed by atoms with Crippen molar-refractivity contribution in [2.75, 3.05) is 13.2 Å². The van der Waals surface area contributed by atoms with E-state index < -0.39 is 12.1 Å². The quantitative estimate of drug-likeness (QED) is 0.0261. The van der Waals surface area contributed by atoms with Crippen LogP contribution in [0.3, 0.4) is 0 Å². The first-order valence-corrected chi connectivity index (χ1v) is 30.2. The molecule has 0 saturated carbocycles. The number of ether oxygens (including phenoxy) is 3. The average Bonchev–Trinajstić information content (AvgIpc) is 3.45. The molecule has 79 heavy (non-hydrogen) atoms. The minimum atomic E-state index is -0.861. The van der Waals surface area contributed by atoms with Crippen LogP contribution in [0.5, 0.6) is 0 Å². The molecule has 0 bridgehead atoms. The fourth-order valence-electron chi connectivity index (χ4n) is 7.06. The van der Waals surface area contributed by atoms with Crippen LogP contribution < -0.4 is 0 Å². The second-order valence-corrected chi connectivity index (χ2v) is 18.8. The second kappa shape index (κ2) is 64.3. The number of allylic oxidation sites excluding steroid dienone is 36. The van der Waals surface area contributed by atoms with Crippen LogP contribution in [0.15, 0.2) is 219 Å². The molecule has 0 spiro atoms. The van der Waals surface area contributed by atoms with E-state index in [2.05, 4.69) is 227 Å². The van der Waals surface area contributed by atoms with Gasteiger partial charge in [-0.15, -0.1) is 0 Å². The number of carbonyl (C=O) groups excluding carboxylic acids is 3. The van der Waals surface area contributed by atoms with Gasteiger partial charge >= 0.3 is 17.9 Å². The zero-order valence-corrected chi connectivity index (χ0v) is 49.5. The van der Waals surface area contributed by atoms with Crippen molar-refractivity contribution in [1.29, 1.82) is 0 Å². The highest BCUT2D eigenvalue weighted by Crippen LogP contribution is 2.10. The minimum Gasteiger partial charge on any atom is -0.462 e. The van der Waals surface area contributed by atoms with Crippen molar-refractivity contribution in [2.45, 2.75) is 207 Å². The Balaban J connectivity index is 4.49. The summed E-state index contributed by atoms with van der Waals surface area (Å²) >= 11 is 0. The maximum absolute atomic E-state index is 12.8. The highest BCUT2D eigenvalue weighted by atomic mass is 16.6. The molecule has 6 heteroatoms. The number of hydrogen-bond donors (Lipinski definition) is 0. The first-order chi connectivity index (χ1) is 39.0. The molecule has 0 aromatic carbocycles. The Hall–Kier alpha value is -6.27. The monoisotopic (exact) mass is 1080 g/mol. The predicted molar refractivity (Wildman–Crippen MR) is 343 cm³/mol. The van der Waals surface area contributed by atoms with Crippen molar-refractivity contribution in [3.05, 3.63) is 219 Å². The molecule has 0 aliphatic heterocycles. The molecule has 0 heterocycles. The van der Waals surface area contributed by atoms with Crippen LogP contribution in [-0.2, 0) is 28.6 Å². The molecule has 0 aliphatic rings. The van der Waals surface area contributed by atoms with Crippen molar-refractivity contribution in [2.24, 2.45) is 0 Å². The minimum absolute atomic E-state index is 0.153. The van der Waals surface area contributed by atoms with Gasteiger partial charge in [0.25, 0.3) is 0 Å². The van der Waals surface area contributed by atoms with Gasteiger partial charge in [0.1, 0.15) is 13.2 Å². The highest BCUT2D eigenvalue weighted by molar-refractivity contribution is 5.71. The summed E-state index contributed by atoms with van der Waals surface area (Å²) in [5.41, 5.74) is 0. The normalized spacial score (nSPS) is 13.7. The van der Waals surface area contributed by atoms with Crippen molar-refractivity contribution in [1.82, 2.24) is 0 Å². The maximum atomic E-state index is 12.8. The third kappa shape index (κ3) is 62.5. The van der Waals surface area contributed by atoms with Crippen LogP contribution in [0.4, 0.5) is 0 Å². The summed E-state index contributed by atoms with van der Waals surface area (Å²) in [6, 6.07) is 0. The summed E-state index contributed by atoms with van der Waals surface area (Å²) in [5.74, 6) is -1.14. The lowest BCUT2D eigenvalue weighted by Crippen LogP contribution is -2.30. The van der Waals surface area contributed by atoms with E-state index in [0.29, 0.717) is 19.3 Å². The fraction of sp³-hybridized carbons (Fsp3) is 0.466. The van der Waals surface area contributed by atoms with Gasteiger partial charge in [0.2, 0.25) is 0 Å². The second-order valence-electron chi connectivity index (χ2n) is 18.8. The lowest BCUT2D eigenvalue weighted by molar-refractivity contribution is -0.166. The zero-order valence-electron chi connectivity index (χ0n) is 49.5. The summed E-state index contributed by atoms with van der Waals surface area (Å²) in [7, 11) is 0. The maximum Gasteiger partial charge on any atom is 0.306 e. The van der Waals surface area contributed by atoms with Gasteiger partial charge in [-0.1, -0.05) is 240 Å². The molecule has 0 rings (SSSR count). The van der Waals surface area contributed by atoms with Crippen LogP contribution in [0.1, 0.15) is 201 Å². The van der Waals surface area contributed by atoms with Crippen molar-refractivity contribution >= 4 is 17.9 Å². The summed E-state index contributed by atoms with van der Waals surface area (Å²) in [6.45, 7) is 6.12. The predicted octanol–water partition coefficient (Wildman–Crippen LogP) is 21.0. The molecule has 0 aromatic rings. The molecule has 6 nitrogen and oxygen atoms in total. The Morgan fingerprint density at radius 2 is 0.468 bits per heavy atom. The summed E-state index contributed by atoms with van der Waals surface area (Å²) in [6.07, 6.45) is 101. The van der Waals surface area contributed by atoms with Gasteiger partial charge in [0.15, 0.2) is 6.10 Å². The number of unbranched alkanes of at least 4 members (excludes halogenated alkanes) is 4. The van der Waals surface area contributed by atoms with E-state index in [9.17, 15) is 14.4 Å². The number of esters is 3. The molecule has 0 aliphatic carbocycles. The van der Waals surface area contributed by atoms with Crippen LogP contribution in [0.25, 0.3) is 0 Å². The lowest BCUT2D eigenvalue weighted by Gasteiger charge is -2.18. The molecule has 1 atom stereocenters. The van der Waals surface area contributed by atoms with E-state index in [1.165, 1.54) is 0 Å². The van der Waals surface area contributed by atoms with Crippen molar-refractivity contribution in [3.8, 4) is 0 Å². The average molecular weight is 1080 g/mol. The lowest BCUT2D eigenvalue weighted by atomic mass is 10.1. The van der Waals surface area contributed by atoms with Crippen molar-refractivity contribution < 1.29 is 28.6 Å². The van der Waals surface area contributed by atoms with E-state index in [4.69, 9.17) is 14.2 Å². The Morgan fingerprint density at radius 1 is 0.253 bits per heavy atom. The van der Waals surface area contributed by atoms with Gasteiger partial charge in [-0.2, -0.15) is 0 Å². The molecule has 1 unspecified atom stereocenters. The third-order valence-electron chi connectivity index (χ3n) is 11.5. The van der Waals surface area contributed by atoms with Crippen LogP contribution in [0.2, 0.25) is 0 Å². The zero-order chi connectivity index (χ0) is 57.1. The summed E-state index contributed by atoms with van der Waals surface area (Å²) < 4.78 is 16.7. The van der Waals surface area contributed by atoms with Gasteiger partial charge in [-0.05, 0) is 161 Å². The molecule has 0 saturated heterocycles. The SMILES string of the molecule is CC/C=C\C/C=C\C/C=C\C/C=C\C/C=C\C/C=C\C/C=C\C/C=C\C/C=C\C/C=C\CCCCC(=O)OCC(COC(=O)CC/C=C\C/C=C\C/C=C\C/C=C\CC)OC(=O)CCCC/C=C\C/C=C\C/C=C\C/C=C\CC. The summed E-state index contributed by atoms with van der Waals surface area (Å²) in [5, 5.41) is 0. The van der Waals surface area contributed by atoms with Crippen LogP contribution in [-0.4, -0.2) is 37.2 Å². The first-order valence-electron chi connectivity index (χ1n) is 30.2. The van der Waals surface area contributed by atoms with E-state index in [1.807, 2.05) is 12.2 Å². The Morgan fingerprint density at radius 3 is 0.734 bits per heavy atom. The standard InChI is InChI=1S/C73H106O6/c1-4-7-10-13-16-19-22-25-27-28-29-30-31-32-33-34-35-36-37-38-39-40-41-42-43-44-46-48-51-54-57-60-63-66-72(75)78-69-70(68-77-71(74)65-62-59-56-53-50-47-24-21-18-15-12-9-6-3)79-73(76)67-64-61-58-55-52-49-45-26-23-20-17-14-11-8-5-2/h7-12,16-21,25-27,29-30,32-33,35-36,38-39,41-42,44-47,50-52,54-56,59,70H,4-6,13-15,22-24,28,31,34,37,40,43,48-49,53,57-58,60-69H2,1-3H3/b10-7-,11-8-,12-9-,19-16-,20-17-,21-18-,27-25-,30-29-,33-32-,36-35-,39-38-,42-41-,45-26-,46-44-,50-47-,54-51-,55-52-,59-56-. The molecule has 434 valence electrons. The Labute approximate surface area is 482 Å². The molecular weight excluding hydrogens is 973 g/mol. The third-order valence-corrected chi connectivity index (χ3v) is 11.5. The molecule has 0 N–H and O–H groups in total. The van der Waals surface area contributed by atoms with Crippen LogP contribution in [0, 0.1) is 0 Å². The smallest absolute Gasteiger partial charge is 0.306 e. The largest absolute Gasteiger partial charge is 0.462 e. The van der Waals surface area contributed by atoms with Gasteiger partial charge in [0, 0.05) is 19.3 Å². The van der Waals surface area contributed by atoms with Crippen molar-refractivity contribution in [3.63, 3.8) is 0 Å². The van der Waals surface area contributed by atoms with Crippen LogP contribution >= 0.6 is 0 Å². The van der Waals surface area contributed by atoms with Gasteiger partial charge in [-0.25, -0.2) is 0 Å². The molecule has 0 aromatic heterocycles. The highest BCUT2D eigenvalue weighted by Gasteiger charge is 2.19. The number of carbonyl (C=O) groups is 3. The van der Waals surface area contributed by atoms with E-state index in [-0.39, 0.29) is 44.4 Å². The summed E-state index contributed by atoms with van der Waals surface area (Å²) in [4.78, 5) is 38.1.